The van der Waals surface area contributed by atoms with Gasteiger partial charge in [0.1, 0.15) is 0 Å². The predicted octanol–water partition coefficient (Wildman–Crippen LogP) is -0.338. The molecule has 0 aromatic carbocycles. The molecule has 1 saturated heterocycles. The number of rotatable bonds is 3. The lowest BCUT2D eigenvalue weighted by molar-refractivity contribution is -0.120. The first-order chi connectivity index (χ1) is 5.33. The van der Waals surface area contributed by atoms with E-state index < -0.39 is 0 Å². The first-order valence-corrected chi connectivity index (χ1v) is 3.91. The Morgan fingerprint density at radius 3 is 2.92 bits per heavy atom. The highest BCUT2D eigenvalue weighted by Crippen LogP contribution is 2.10. The first-order valence-electron chi connectivity index (χ1n) is 3.91. The average molecular weight is 195 g/mol. The Morgan fingerprint density at radius 1 is 1.67 bits per heavy atom. The number of nitrogens with two attached hydrogens (primary N) is 1. The van der Waals surface area contributed by atoms with Crippen molar-refractivity contribution in [2.45, 2.75) is 18.9 Å². The van der Waals surface area contributed by atoms with Gasteiger partial charge in [-0.05, 0) is 12.8 Å². The van der Waals surface area contributed by atoms with E-state index in [4.69, 9.17) is 10.5 Å². The zero-order valence-electron chi connectivity index (χ0n) is 6.91. The molecule has 1 rings (SSSR count). The van der Waals surface area contributed by atoms with E-state index in [1.165, 1.54) is 0 Å². The van der Waals surface area contributed by atoms with Crippen molar-refractivity contribution in [3.8, 4) is 0 Å². The molecule has 0 bridgehead atoms. The van der Waals surface area contributed by atoms with Crippen molar-refractivity contribution in [1.29, 1.82) is 0 Å². The van der Waals surface area contributed by atoms with E-state index in [2.05, 4.69) is 5.32 Å². The van der Waals surface area contributed by atoms with E-state index in [0.29, 0.717) is 6.54 Å². The fourth-order valence-electron chi connectivity index (χ4n) is 1.11. The van der Waals surface area contributed by atoms with E-state index in [-0.39, 0.29) is 31.0 Å². The molecule has 1 fully saturated rings. The number of hydrogen-bond acceptors (Lipinski definition) is 3. The van der Waals surface area contributed by atoms with Gasteiger partial charge in [0.15, 0.2) is 0 Å². The van der Waals surface area contributed by atoms with Gasteiger partial charge in [-0.3, -0.25) is 4.79 Å². The molecule has 0 aromatic heterocycles. The van der Waals surface area contributed by atoms with Crippen LogP contribution in [0, 0.1) is 0 Å². The van der Waals surface area contributed by atoms with Gasteiger partial charge in [-0.1, -0.05) is 0 Å². The zero-order valence-corrected chi connectivity index (χ0v) is 7.73. The Labute approximate surface area is 78.2 Å². The van der Waals surface area contributed by atoms with Crippen LogP contribution in [0.2, 0.25) is 0 Å². The molecule has 3 N–H and O–H groups in total. The lowest BCUT2D eigenvalue weighted by Gasteiger charge is -2.09. The molecule has 0 aromatic rings. The molecule has 1 amide bonds. The quantitative estimate of drug-likeness (QED) is 0.646. The smallest absolute Gasteiger partial charge is 0.233 e. The van der Waals surface area contributed by atoms with Crippen LogP contribution in [-0.2, 0) is 9.53 Å². The molecular formula is C7H15ClN2O2. The van der Waals surface area contributed by atoms with Crippen LogP contribution >= 0.6 is 12.4 Å². The third kappa shape index (κ3) is 3.90. The normalized spacial score (nSPS) is 21.6. The molecule has 1 aliphatic rings. The third-order valence-corrected chi connectivity index (χ3v) is 1.74. The van der Waals surface area contributed by atoms with Gasteiger partial charge < -0.3 is 15.8 Å². The lowest BCUT2D eigenvalue weighted by atomic mass is 10.2. The van der Waals surface area contributed by atoms with Crippen molar-refractivity contribution < 1.29 is 9.53 Å². The summed E-state index contributed by atoms with van der Waals surface area (Å²) in [5, 5.41) is 2.69. The van der Waals surface area contributed by atoms with Gasteiger partial charge in [0.05, 0.1) is 12.6 Å². The summed E-state index contributed by atoms with van der Waals surface area (Å²) in [4.78, 5) is 10.7. The summed E-state index contributed by atoms with van der Waals surface area (Å²) in [6.07, 6.45) is 2.36. The predicted molar refractivity (Wildman–Crippen MR) is 48.3 cm³/mol. The number of ether oxygens (including phenoxy) is 1. The highest BCUT2D eigenvalue weighted by molar-refractivity contribution is 5.85. The van der Waals surface area contributed by atoms with E-state index in [9.17, 15) is 4.79 Å². The van der Waals surface area contributed by atoms with Crippen LogP contribution < -0.4 is 11.1 Å². The van der Waals surface area contributed by atoms with Gasteiger partial charge in [0, 0.05) is 13.2 Å². The van der Waals surface area contributed by atoms with Crippen LogP contribution in [0.1, 0.15) is 12.8 Å². The number of halogens is 1. The molecule has 0 radical (unpaired) electrons. The second-order valence-electron chi connectivity index (χ2n) is 2.64. The Balaban J connectivity index is 0.00000121. The monoisotopic (exact) mass is 194 g/mol. The molecule has 12 heavy (non-hydrogen) atoms. The van der Waals surface area contributed by atoms with Crippen molar-refractivity contribution in [2.75, 3.05) is 19.7 Å². The fourth-order valence-corrected chi connectivity index (χ4v) is 1.11. The minimum atomic E-state index is -0.111. The summed E-state index contributed by atoms with van der Waals surface area (Å²) in [7, 11) is 0. The molecular weight excluding hydrogens is 180 g/mol. The first kappa shape index (κ1) is 11.7. The Kier molecular flexibility index (Phi) is 6.06. The highest BCUT2D eigenvalue weighted by atomic mass is 35.5. The number of amides is 1. The average Bonchev–Trinajstić information content (AvgIpc) is 2.52. The molecule has 1 aliphatic heterocycles. The van der Waals surface area contributed by atoms with Gasteiger partial charge >= 0.3 is 0 Å². The molecule has 5 heteroatoms. The highest BCUT2D eigenvalue weighted by Gasteiger charge is 2.15. The van der Waals surface area contributed by atoms with Gasteiger partial charge in [0.25, 0.3) is 0 Å². The lowest BCUT2D eigenvalue weighted by Crippen LogP contribution is -2.35. The Bertz CT molecular complexity index is 137. The van der Waals surface area contributed by atoms with E-state index in [1.807, 2.05) is 0 Å². The molecule has 1 heterocycles. The number of carbonyl (C=O) groups is 1. The topological polar surface area (TPSA) is 64.4 Å². The van der Waals surface area contributed by atoms with Crippen LogP contribution in [-0.4, -0.2) is 31.7 Å². The molecule has 1 atom stereocenters. The minimum absolute atomic E-state index is 0. The van der Waals surface area contributed by atoms with Crippen LogP contribution in [0.5, 0.6) is 0 Å². The number of nitrogens with one attached hydrogen (secondary N) is 1. The van der Waals surface area contributed by atoms with Gasteiger partial charge in [-0.15, -0.1) is 12.4 Å². The summed E-state index contributed by atoms with van der Waals surface area (Å²) in [5.74, 6) is -0.111. The summed E-state index contributed by atoms with van der Waals surface area (Å²) in [6, 6.07) is 0. The second-order valence-corrected chi connectivity index (χ2v) is 2.64. The van der Waals surface area contributed by atoms with Crippen LogP contribution in [0.4, 0.5) is 0 Å². The van der Waals surface area contributed by atoms with Crippen LogP contribution in [0.25, 0.3) is 0 Å². The summed E-state index contributed by atoms with van der Waals surface area (Å²) in [6.45, 7) is 1.49. The summed E-state index contributed by atoms with van der Waals surface area (Å²) >= 11 is 0. The van der Waals surface area contributed by atoms with Crippen molar-refractivity contribution in [3.63, 3.8) is 0 Å². The standard InChI is InChI=1S/C7H14N2O2.ClH/c8-4-7(10)9-5-6-2-1-3-11-6;/h6H,1-5,8H2,(H,9,10);1H. The maximum Gasteiger partial charge on any atom is 0.233 e. The maximum absolute atomic E-state index is 10.7. The summed E-state index contributed by atoms with van der Waals surface area (Å²) in [5.41, 5.74) is 5.10. The van der Waals surface area contributed by atoms with Crippen molar-refractivity contribution in [1.82, 2.24) is 5.32 Å². The van der Waals surface area contributed by atoms with E-state index in [1.54, 1.807) is 0 Å². The SMILES string of the molecule is Cl.NCC(=O)NCC1CCCO1. The Hall–Kier alpha value is -0.320. The Morgan fingerprint density at radius 2 is 2.42 bits per heavy atom. The fraction of sp³-hybridized carbons (Fsp3) is 0.857. The van der Waals surface area contributed by atoms with Crippen molar-refractivity contribution in [3.05, 3.63) is 0 Å². The second kappa shape index (κ2) is 6.22. The maximum atomic E-state index is 10.7. The van der Waals surface area contributed by atoms with E-state index in [0.717, 1.165) is 19.4 Å². The van der Waals surface area contributed by atoms with E-state index >= 15 is 0 Å². The van der Waals surface area contributed by atoms with Crippen LogP contribution in [0.3, 0.4) is 0 Å². The van der Waals surface area contributed by atoms with Crippen LogP contribution in [0.15, 0.2) is 0 Å². The van der Waals surface area contributed by atoms with Crippen molar-refractivity contribution >= 4 is 18.3 Å². The van der Waals surface area contributed by atoms with Gasteiger partial charge in [0.2, 0.25) is 5.91 Å². The molecule has 72 valence electrons. The third-order valence-electron chi connectivity index (χ3n) is 1.74. The largest absolute Gasteiger partial charge is 0.376 e. The molecule has 0 saturated carbocycles. The number of carbonyl (C=O) groups excluding carboxylic acids is 1. The molecule has 4 nitrogen and oxygen atoms in total. The molecule has 1 unspecified atom stereocenters. The summed E-state index contributed by atoms with van der Waals surface area (Å²) < 4.78 is 5.29. The zero-order chi connectivity index (χ0) is 8.10. The minimum Gasteiger partial charge on any atom is -0.376 e. The molecule has 0 spiro atoms. The van der Waals surface area contributed by atoms with Gasteiger partial charge in [-0.2, -0.15) is 0 Å². The van der Waals surface area contributed by atoms with Gasteiger partial charge in [-0.25, -0.2) is 0 Å². The molecule has 0 aliphatic carbocycles. The van der Waals surface area contributed by atoms with Crippen molar-refractivity contribution in [2.24, 2.45) is 5.73 Å². The number of hydrogen-bond donors (Lipinski definition) is 2.